The maximum Gasteiger partial charge on any atom is 0.290 e. The molecule has 3 heterocycles. The zero-order valence-electron chi connectivity index (χ0n) is 26.7. The van der Waals surface area contributed by atoms with E-state index in [0.29, 0.717) is 46.4 Å². The summed E-state index contributed by atoms with van der Waals surface area (Å²) in [6.45, 7) is 13.8. The molecule has 6 heteroatoms. The van der Waals surface area contributed by atoms with E-state index in [4.69, 9.17) is 0 Å². The Hall–Kier alpha value is -3.15. The van der Waals surface area contributed by atoms with Crippen LogP contribution in [0.15, 0.2) is 42.5 Å². The molecular weight excluding hydrogens is 534 g/mol. The Labute approximate surface area is 256 Å². The zero-order valence-corrected chi connectivity index (χ0v) is 26.7. The molecule has 2 saturated carbocycles. The smallest absolute Gasteiger partial charge is 0.290 e. The average Bonchev–Trinajstić information content (AvgIpc) is 2.98. The van der Waals surface area contributed by atoms with Gasteiger partial charge in [0, 0.05) is 47.2 Å². The molecule has 6 nitrogen and oxygen atoms in total. The summed E-state index contributed by atoms with van der Waals surface area (Å²) in [6, 6.07) is 13.1. The Bertz CT molecular complexity index is 1480. The third-order valence-corrected chi connectivity index (χ3v) is 12.6. The van der Waals surface area contributed by atoms with Crippen molar-refractivity contribution in [2.24, 2.45) is 22.7 Å². The molecule has 0 aliphatic heterocycles. The SMILES string of the molecule is CCCC[C@@H]1c2c(ccc(-c3cccc(-c4ccc5c([n+]4[O-])[C@@H](CCCC)[C@H]4C[C@@H]5C4(C)C)[n+]3[O-])[n+]2[O-])[C@@H]2C[C@H]1C2(C)C. The minimum absolute atomic E-state index is 0.192. The second-order valence-electron chi connectivity index (χ2n) is 15.2. The quantitative estimate of drug-likeness (QED) is 0.201. The van der Waals surface area contributed by atoms with Crippen molar-refractivity contribution in [1.29, 1.82) is 0 Å². The van der Waals surface area contributed by atoms with Gasteiger partial charge in [0.05, 0.1) is 0 Å². The van der Waals surface area contributed by atoms with Gasteiger partial charge in [-0.1, -0.05) is 67.2 Å². The molecule has 0 N–H and O–H groups in total. The van der Waals surface area contributed by atoms with E-state index < -0.39 is 0 Å². The highest BCUT2D eigenvalue weighted by Gasteiger charge is 2.61. The summed E-state index contributed by atoms with van der Waals surface area (Å²) in [5.41, 5.74) is 5.77. The highest BCUT2D eigenvalue weighted by molar-refractivity contribution is 5.55. The van der Waals surface area contributed by atoms with Crippen LogP contribution >= 0.6 is 0 Å². The van der Waals surface area contributed by atoms with Crippen molar-refractivity contribution in [3.8, 4) is 22.8 Å². The Balaban J connectivity index is 1.32. The van der Waals surface area contributed by atoms with Crippen LogP contribution in [0.3, 0.4) is 0 Å². The van der Waals surface area contributed by atoms with Gasteiger partial charge in [-0.05, 0) is 78.4 Å². The van der Waals surface area contributed by atoms with Crippen LogP contribution < -0.4 is 14.2 Å². The van der Waals surface area contributed by atoms with Gasteiger partial charge in [-0.25, -0.2) is 0 Å². The van der Waals surface area contributed by atoms with Gasteiger partial charge in [0.25, 0.3) is 22.8 Å². The number of pyridine rings is 3. The predicted molar refractivity (Wildman–Crippen MR) is 168 cm³/mol. The van der Waals surface area contributed by atoms with E-state index in [1.807, 2.05) is 18.2 Å². The molecule has 3 aromatic rings. The van der Waals surface area contributed by atoms with Gasteiger partial charge < -0.3 is 15.6 Å². The van der Waals surface area contributed by atoms with Crippen LogP contribution in [-0.4, -0.2) is 0 Å². The van der Waals surface area contributed by atoms with Gasteiger partial charge >= 0.3 is 0 Å². The van der Waals surface area contributed by atoms with Crippen LogP contribution in [0.1, 0.15) is 139 Å². The third-order valence-electron chi connectivity index (χ3n) is 12.6. The molecule has 3 aromatic heterocycles. The summed E-state index contributed by atoms with van der Waals surface area (Å²) in [5, 5.41) is 42.4. The van der Waals surface area contributed by atoms with Crippen LogP contribution in [-0.2, 0) is 0 Å². The lowest BCUT2D eigenvalue weighted by molar-refractivity contribution is -0.640. The van der Waals surface area contributed by atoms with Crippen molar-refractivity contribution in [3.63, 3.8) is 0 Å². The molecule has 6 aliphatic rings. The molecule has 43 heavy (non-hydrogen) atoms. The van der Waals surface area contributed by atoms with E-state index in [0.717, 1.165) is 88.1 Å². The number of rotatable bonds is 8. The van der Waals surface area contributed by atoms with E-state index in [1.54, 1.807) is 12.1 Å². The average molecular weight is 582 g/mol. The molecule has 0 aromatic carbocycles. The van der Waals surface area contributed by atoms with E-state index in [1.165, 1.54) is 0 Å². The van der Waals surface area contributed by atoms with Crippen LogP contribution in [0, 0.1) is 38.3 Å². The second kappa shape index (κ2) is 9.93. The minimum Gasteiger partial charge on any atom is -0.618 e. The molecule has 228 valence electrons. The summed E-state index contributed by atoms with van der Waals surface area (Å²) in [4.78, 5) is 0. The van der Waals surface area contributed by atoms with Crippen molar-refractivity contribution in [2.45, 2.75) is 117 Å². The number of nitrogens with zero attached hydrogens (tertiary/aromatic N) is 3. The largest absolute Gasteiger partial charge is 0.618 e. The first-order chi connectivity index (χ1) is 20.5. The minimum atomic E-state index is 0.192. The fourth-order valence-corrected chi connectivity index (χ4v) is 9.95. The van der Waals surface area contributed by atoms with Gasteiger partial charge in [-0.3, -0.25) is 0 Å². The molecule has 9 rings (SSSR count). The standard InChI is InChI=1S/C37H47N3O3/c1-7-9-12-22-26-20-28(36(26,3)4)24-16-18-32(39(42)34(22)24)30-14-11-15-31(38(30)41)33-19-17-25-29-21-27(37(29,5)6)23(13-10-8-2)35(25)40(33)43/h11,14-19,22-23,26-29H,7-10,12-13,20-21H2,1-6H3/t22-,23-,26+,27+,28-,29-/m0/s1. The number of hydrogen-bond acceptors (Lipinski definition) is 3. The lowest BCUT2D eigenvalue weighted by Crippen LogP contribution is -2.56. The summed E-state index contributed by atoms with van der Waals surface area (Å²) in [7, 11) is 0. The van der Waals surface area contributed by atoms with Gasteiger partial charge in [0.1, 0.15) is 0 Å². The van der Waals surface area contributed by atoms with Crippen molar-refractivity contribution in [3.05, 3.63) is 80.6 Å². The molecule has 0 unspecified atom stereocenters. The molecule has 0 radical (unpaired) electrons. The Kier molecular flexibility index (Phi) is 6.61. The molecule has 6 atom stereocenters. The predicted octanol–water partition coefficient (Wildman–Crippen LogP) is 7.76. The number of aromatic nitrogens is 3. The molecular formula is C37H47N3O3. The summed E-state index contributed by atoms with van der Waals surface area (Å²) >= 11 is 0. The van der Waals surface area contributed by atoms with Crippen LogP contribution in [0.5, 0.6) is 0 Å². The summed E-state index contributed by atoms with van der Waals surface area (Å²) in [6.07, 6.45) is 8.64. The van der Waals surface area contributed by atoms with Crippen molar-refractivity contribution >= 4 is 0 Å². The molecule has 0 spiro atoms. The van der Waals surface area contributed by atoms with E-state index in [2.05, 4.69) is 53.7 Å². The van der Waals surface area contributed by atoms with Gasteiger partial charge in [-0.15, -0.1) is 0 Å². The van der Waals surface area contributed by atoms with E-state index in [9.17, 15) is 15.6 Å². The van der Waals surface area contributed by atoms with Gasteiger partial charge in [0.15, 0.2) is 11.4 Å². The first-order valence-corrected chi connectivity index (χ1v) is 16.8. The Morgan fingerprint density at radius 3 is 1.37 bits per heavy atom. The van der Waals surface area contributed by atoms with Crippen molar-refractivity contribution < 1.29 is 14.2 Å². The monoisotopic (exact) mass is 581 g/mol. The Morgan fingerprint density at radius 1 is 0.605 bits per heavy atom. The van der Waals surface area contributed by atoms with Crippen LogP contribution in [0.4, 0.5) is 0 Å². The lowest BCUT2D eigenvalue weighted by Gasteiger charge is -2.59. The molecule has 6 aliphatic carbocycles. The third kappa shape index (κ3) is 3.86. The zero-order chi connectivity index (χ0) is 30.4. The first-order valence-electron chi connectivity index (χ1n) is 16.8. The highest BCUT2D eigenvalue weighted by Crippen LogP contribution is 2.68. The summed E-state index contributed by atoms with van der Waals surface area (Å²) < 4.78 is 2.94. The summed E-state index contributed by atoms with van der Waals surface area (Å²) in [5.74, 6) is 2.16. The fraction of sp³-hybridized carbons (Fsp3) is 0.595. The molecule has 0 saturated heterocycles. The Morgan fingerprint density at radius 2 is 1.00 bits per heavy atom. The molecule has 0 amide bonds. The second-order valence-corrected chi connectivity index (χ2v) is 15.2. The van der Waals surface area contributed by atoms with E-state index in [-0.39, 0.29) is 22.7 Å². The van der Waals surface area contributed by atoms with Crippen LogP contribution in [0.25, 0.3) is 22.8 Å². The molecule has 2 fully saturated rings. The fourth-order valence-electron chi connectivity index (χ4n) is 9.95. The number of unbranched alkanes of at least 4 members (excludes halogenated alkanes) is 2. The first kappa shape index (κ1) is 28.6. The van der Waals surface area contributed by atoms with Crippen molar-refractivity contribution in [2.75, 3.05) is 0 Å². The van der Waals surface area contributed by atoms with Crippen molar-refractivity contribution in [1.82, 2.24) is 0 Å². The highest BCUT2D eigenvalue weighted by atomic mass is 16.5. The van der Waals surface area contributed by atoms with E-state index >= 15 is 0 Å². The lowest BCUT2D eigenvalue weighted by atomic mass is 9.44. The maximum absolute atomic E-state index is 14.2. The van der Waals surface area contributed by atoms with Crippen LogP contribution in [0.2, 0.25) is 0 Å². The topological polar surface area (TPSA) is 80.8 Å². The normalized spacial score (nSPS) is 28.8. The maximum atomic E-state index is 14.2. The number of hydrogen-bond donors (Lipinski definition) is 0. The molecule has 4 bridgehead atoms. The van der Waals surface area contributed by atoms with Gasteiger partial charge in [0.2, 0.25) is 0 Å². The van der Waals surface area contributed by atoms with Gasteiger partial charge in [-0.2, -0.15) is 14.2 Å².